The van der Waals surface area contributed by atoms with Crippen molar-refractivity contribution in [2.45, 2.75) is 38.1 Å². The van der Waals surface area contributed by atoms with Crippen LogP contribution < -0.4 is 5.32 Å². The van der Waals surface area contributed by atoms with Crippen molar-refractivity contribution in [2.75, 3.05) is 6.61 Å². The topological polar surface area (TPSA) is 49.3 Å². The molecule has 18 heavy (non-hydrogen) atoms. The molecule has 100 valence electrons. The molecule has 0 aromatic rings. The van der Waals surface area contributed by atoms with Crippen molar-refractivity contribution in [3.8, 4) is 0 Å². The van der Waals surface area contributed by atoms with Crippen LogP contribution in [0.15, 0.2) is 37.0 Å². The Kier molecular flexibility index (Phi) is 5.35. The second-order valence-electron chi connectivity index (χ2n) is 5.17. The number of allylic oxidation sites excluding steroid dienone is 3. The highest BCUT2D eigenvalue weighted by Crippen LogP contribution is 2.33. The van der Waals surface area contributed by atoms with Crippen LogP contribution in [0.5, 0.6) is 0 Å². The maximum atomic E-state index is 11.9. The van der Waals surface area contributed by atoms with Crippen molar-refractivity contribution in [1.29, 1.82) is 0 Å². The molecule has 0 aliphatic carbocycles. The van der Waals surface area contributed by atoms with E-state index in [9.17, 15) is 4.79 Å². The molecule has 0 radical (unpaired) electrons. The van der Waals surface area contributed by atoms with Crippen molar-refractivity contribution >= 4 is 5.91 Å². The fourth-order valence-electron chi connectivity index (χ4n) is 2.58. The Morgan fingerprint density at radius 3 is 2.89 bits per heavy atom. The summed E-state index contributed by atoms with van der Waals surface area (Å²) in [6.45, 7) is 9.66. The SMILES string of the molecule is C=C/C=C(\C=C)CC1(C)CC(CCCO)C(=O)N1. The van der Waals surface area contributed by atoms with Crippen molar-refractivity contribution in [3.63, 3.8) is 0 Å². The summed E-state index contributed by atoms with van der Waals surface area (Å²) in [5.41, 5.74) is 0.871. The lowest BCUT2D eigenvalue weighted by Crippen LogP contribution is -2.38. The van der Waals surface area contributed by atoms with Crippen molar-refractivity contribution in [2.24, 2.45) is 5.92 Å². The summed E-state index contributed by atoms with van der Waals surface area (Å²) >= 11 is 0. The number of carbonyl (C=O) groups excluding carboxylic acids is 1. The summed E-state index contributed by atoms with van der Waals surface area (Å²) in [5.74, 6) is 0.130. The number of rotatable bonds is 7. The van der Waals surface area contributed by atoms with Crippen LogP contribution >= 0.6 is 0 Å². The van der Waals surface area contributed by atoms with E-state index >= 15 is 0 Å². The van der Waals surface area contributed by atoms with Crippen LogP contribution in [0.4, 0.5) is 0 Å². The second kappa shape index (κ2) is 6.55. The van der Waals surface area contributed by atoms with Gasteiger partial charge in [0, 0.05) is 18.1 Å². The first-order chi connectivity index (χ1) is 8.54. The Bertz CT molecular complexity index is 360. The highest BCUT2D eigenvalue weighted by atomic mass is 16.3. The van der Waals surface area contributed by atoms with E-state index in [1.807, 2.05) is 6.08 Å². The van der Waals surface area contributed by atoms with Gasteiger partial charge in [0.25, 0.3) is 0 Å². The van der Waals surface area contributed by atoms with Crippen LogP contribution in [0.3, 0.4) is 0 Å². The molecule has 2 N–H and O–H groups in total. The standard InChI is InChI=1S/C15H23NO2/c1-4-7-12(5-2)10-15(3)11-13(8-6-9-17)14(18)16-15/h4-5,7,13,17H,1-2,6,8-11H2,3H3,(H,16,18)/b12-7+. The predicted octanol–water partition coefficient (Wildman–Crippen LogP) is 2.34. The monoisotopic (exact) mass is 249 g/mol. The van der Waals surface area contributed by atoms with E-state index in [0.29, 0.717) is 6.42 Å². The summed E-state index contributed by atoms with van der Waals surface area (Å²) in [6.07, 6.45) is 8.49. The molecule has 1 fully saturated rings. The zero-order valence-electron chi connectivity index (χ0n) is 11.1. The van der Waals surface area contributed by atoms with Gasteiger partial charge in [-0.05, 0) is 38.2 Å². The minimum atomic E-state index is -0.208. The van der Waals surface area contributed by atoms with E-state index < -0.39 is 0 Å². The molecule has 3 heteroatoms. The maximum absolute atomic E-state index is 11.9. The molecule has 0 spiro atoms. The third-order valence-electron chi connectivity index (χ3n) is 3.39. The number of amides is 1. The van der Waals surface area contributed by atoms with E-state index in [-0.39, 0.29) is 24.0 Å². The van der Waals surface area contributed by atoms with Crippen molar-refractivity contribution in [1.82, 2.24) is 5.32 Å². The first kappa shape index (κ1) is 14.7. The Hall–Kier alpha value is -1.35. The second-order valence-corrected chi connectivity index (χ2v) is 5.17. The molecule has 0 saturated carbocycles. The average molecular weight is 249 g/mol. The molecule has 1 heterocycles. The number of carbonyl (C=O) groups is 1. The third kappa shape index (κ3) is 3.84. The molecule has 1 aliphatic heterocycles. The van der Waals surface area contributed by atoms with E-state index in [1.54, 1.807) is 12.2 Å². The first-order valence-electron chi connectivity index (χ1n) is 6.41. The fourth-order valence-corrected chi connectivity index (χ4v) is 2.58. The zero-order chi connectivity index (χ0) is 13.6. The molecule has 3 nitrogen and oxygen atoms in total. The van der Waals surface area contributed by atoms with E-state index in [0.717, 1.165) is 24.8 Å². The van der Waals surface area contributed by atoms with Gasteiger partial charge in [-0.2, -0.15) is 0 Å². The smallest absolute Gasteiger partial charge is 0.223 e. The van der Waals surface area contributed by atoms with Crippen LogP contribution in [-0.2, 0) is 4.79 Å². The maximum Gasteiger partial charge on any atom is 0.223 e. The van der Waals surface area contributed by atoms with Gasteiger partial charge in [0.2, 0.25) is 5.91 Å². The Balaban J connectivity index is 2.66. The van der Waals surface area contributed by atoms with Crippen LogP contribution in [-0.4, -0.2) is 23.2 Å². The van der Waals surface area contributed by atoms with Gasteiger partial charge in [0.05, 0.1) is 0 Å². The number of nitrogens with one attached hydrogen (secondary N) is 1. The summed E-state index contributed by atoms with van der Waals surface area (Å²) in [5, 5.41) is 11.9. The fraction of sp³-hybridized carbons (Fsp3) is 0.533. The molecule has 0 aromatic carbocycles. The van der Waals surface area contributed by atoms with Gasteiger partial charge in [-0.25, -0.2) is 0 Å². The highest BCUT2D eigenvalue weighted by molar-refractivity contribution is 5.82. The van der Waals surface area contributed by atoms with Gasteiger partial charge >= 0.3 is 0 Å². The average Bonchev–Trinajstić information content (AvgIpc) is 2.61. The minimum absolute atomic E-state index is 0.0250. The molecule has 2 unspecified atom stereocenters. The van der Waals surface area contributed by atoms with Gasteiger partial charge in [0.15, 0.2) is 0 Å². The van der Waals surface area contributed by atoms with Gasteiger partial charge in [-0.15, -0.1) is 0 Å². The van der Waals surface area contributed by atoms with Gasteiger partial charge < -0.3 is 10.4 Å². The van der Waals surface area contributed by atoms with Crippen LogP contribution in [0, 0.1) is 5.92 Å². The molecular formula is C15H23NO2. The number of aliphatic hydroxyl groups is 1. The lowest BCUT2D eigenvalue weighted by molar-refractivity contribution is -0.123. The lowest BCUT2D eigenvalue weighted by atomic mass is 9.86. The van der Waals surface area contributed by atoms with Gasteiger partial charge in [-0.3, -0.25) is 4.79 Å². The largest absolute Gasteiger partial charge is 0.396 e. The van der Waals surface area contributed by atoms with Crippen LogP contribution in [0.2, 0.25) is 0 Å². The number of aliphatic hydroxyl groups excluding tert-OH is 1. The Morgan fingerprint density at radius 2 is 2.33 bits per heavy atom. The molecule has 0 bridgehead atoms. The minimum Gasteiger partial charge on any atom is -0.396 e. The van der Waals surface area contributed by atoms with Gasteiger partial charge in [-0.1, -0.05) is 31.4 Å². The van der Waals surface area contributed by atoms with Crippen LogP contribution in [0.25, 0.3) is 0 Å². The van der Waals surface area contributed by atoms with Gasteiger partial charge in [0.1, 0.15) is 0 Å². The first-order valence-corrected chi connectivity index (χ1v) is 6.41. The quantitative estimate of drug-likeness (QED) is 0.680. The summed E-state index contributed by atoms with van der Waals surface area (Å²) in [4.78, 5) is 11.9. The molecule has 2 atom stereocenters. The molecule has 1 aliphatic rings. The summed E-state index contributed by atoms with van der Waals surface area (Å²) < 4.78 is 0. The molecular weight excluding hydrogens is 226 g/mol. The molecule has 1 saturated heterocycles. The van der Waals surface area contributed by atoms with Crippen molar-refractivity contribution in [3.05, 3.63) is 37.0 Å². The normalized spacial score (nSPS) is 28.0. The molecule has 0 aromatic heterocycles. The molecule has 1 rings (SSSR count). The lowest BCUT2D eigenvalue weighted by Gasteiger charge is -2.24. The summed E-state index contributed by atoms with van der Waals surface area (Å²) in [6, 6.07) is 0. The number of hydrogen-bond acceptors (Lipinski definition) is 2. The van der Waals surface area contributed by atoms with E-state index in [4.69, 9.17) is 5.11 Å². The van der Waals surface area contributed by atoms with E-state index in [2.05, 4.69) is 25.4 Å². The third-order valence-corrected chi connectivity index (χ3v) is 3.39. The van der Waals surface area contributed by atoms with E-state index in [1.165, 1.54) is 0 Å². The van der Waals surface area contributed by atoms with Crippen LogP contribution in [0.1, 0.15) is 32.6 Å². The summed E-state index contributed by atoms with van der Waals surface area (Å²) in [7, 11) is 0. The molecule has 1 amide bonds. The predicted molar refractivity (Wildman–Crippen MR) is 74.1 cm³/mol. The zero-order valence-corrected chi connectivity index (χ0v) is 11.1. The Labute approximate surface area is 109 Å². The Morgan fingerprint density at radius 1 is 1.61 bits per heavy atom. The highest BCUT2D eigenvalue weighted by Gasteiger charge is 2.40. The number of hydrogen-bond donors (Lipinski definition) is 2. The van der Waals surface area contributed by atoms with Crippen molar-refractivity contribution < 1.29 is 9.90 Å².